The number of nitrogens with zero attached hydrogens (tertiary/aromatic N) is 5. The van der Waals surface area contributed by atoms with Crippen LogP contribution >= 0.6 is 11.8 Å². The van der Waals surface area contributed by atoms with Gasteiger partial charge in [-0.05, 0) is 73.0 Å². The molecule has 0 atom stereocenters. The van der Waals surface area contributed by atoms with Crippen LogP contribution in [0.25, 0.3) is 5.69 Å². The van der Waals surface area contributed by atoms with Gasteiger partial charge in [0, 0.05) is 5.69 Å². The van der Waals surface area contributed by atoms with Crippen molar-refractivity contribution in [2.45, 2.75) is 39.6 Å². The Morgan fingerprint density at radius 1 is 1.11 bits per heavy atom. The lowest BCUT2D eigenvalue weighted by molar-refractivity contribution is -0.274. The third-order valence-electron chi connectivity index (χ3n) is 6.50. The summed E-state index contributed by atoms with van der Waals surface area (Å²) in [5.41, 5.74) is 3.38. The van der Waals surface area contributed by atoms with E-state index >= 15 is 0 Å². The maximum absolute atomic E-state index is 14.9. The normalized spacial score (nSPS) is 14.2. The van der Waals surface area contributed by atoms with Gasteiger partial charge in [0.25, 0.3) is 0 Å². The fourth-order valence-corrected chi connectivity index (χ4v) is 5.35. The van der Waals surface area contributed by atoms with Gasteiger partial charge in [-0.3, -0.25) is 9.69 Å². The second kappa shape index (κ2) is 13.4. The third kappa shape index (κ3) is 7.98. The van der Waals surface area contributed by atoms with Crippen molar-refractivity contribution in [2.75, 3.05) is 21.3 Å². The van der Waals surface area contributed by atoms with Crippen LogP contribution in [0.2, 0.25) is 0 Å². The molecule has 0 radical (unpaired) electrons. The van der Waals surface area contributed by atoms with Gasteiger partial charge in [-0.2, -0.15) is 4.99 Å². The number of urea groups is 1. The lowest BCUT2D eigenvalue weighted by Crippen LogP contribution is -2.31. The first-order valence-electron chi connectivity index (χ1n) is 13.7. The Morgan fingerprint density at radius 2 is 1.89 bits per heavy atom. The van der Waals surface area contributed by atoms with Gasteiger partial charge in [0.2, 0.25) is 5.91 Å². The third-order valence-corrected chi connectivity index (χ3v) is 7.42. The first-order chi connectivity index (χ1) is 21.5. The predicted molar refractivity (Wildman–Crippen MR) is 163 cm³/mol. The van der Waals surface area contributed by atoms with Gasteiger partial charge in [0.15, 0.2) is 11.0 Å². The molecule has 0 aliphatic carbocycles. The molecule has 10 nitrogen and oxygen atoms in total. The Labute approximate surface area is 259 Å². The van der Waals surface area contributed by atoms with E-state index in [1.54, 1.807) is 0 Å². The molecule has 0 unspecified atom stereocenters. The quantitative estimate of drug-likeness (QED) is 0.192. The molecule has 45 heavy (non-hydrogen) atoms. The Balaban J connectivity index is 1.21. The smallest absolute Gasteiger partial charge is 0.406 e. The summed E-state index contributed by atoms with van der Waals surface area (Å²) in [7, 11) is 0. The van der Waals surface area contributed by atoms with Crippen molar-refractivity contribution in [1.82, 2.24) is 14.8 Å². The molecule has 0 saturated carbocycles. The van der Waals surface area contributed by atoms with E-state index in [9.17, 15) is 27.2 Å². The molecule has 2 N–H and O–H groups in total. The molecule has 2 heterocycles. The summed E-state index contributed by atoms with van der Waals surface area (Å²) in [5.74, 6) is -0.757. The minimum Gasteiger partial charge on any atom is -0.406 e. The van der Waals surface area contributed by atoms with Crippen molar-refractivity contribution in [3.8, 4) is 11.4 Å². The number of hydrogen-bond donors (Lipinski definition) is 2. The zero-order chi connectivity index (χ0) is 32.1. The summed E-state index contributed by atoms with van der Waals surface area (Å²) in [5, 5.41) is 9.90. The summed E-state index contributed by atoms with van der Waals surface area (Å²) in [4.78, 5) is 35.2. The zero-order valence-corrected chi connectivity index (χ0v) is 24.9. The van der Waals surface area contributed by atoms with Crippen molar-refractivity contribution in [1.29, 1.82) is 0 Å². The van der Waals surface area contributed by atoms with Crippen molar-refractivity contribution in [3.63, 3.8) is 0 Å². The maximum Gasteiger partial charge on any atom is 0.573 e. The average Bonchev–Trinajstić information content (AvgIpc) is 3.59. The van der Waals surface area contributed by atoms with Gasteiger partial charge >= 0.3 is 12.4 Å². The molecule has 1 saturated heterocycles. The molecular formula is C30H27F4N7O3S. The molecular weight excluding hydrogens is 614 g/mol. The van der Waals surface area contributed by atoms with Crippen LogP contribution in [0.1, 0.15) is 30.3 Å². The summed E-state index contributed by atoms with van der Waals surface area (Å²) in [6.07, 6.45) is -1.77. The molecule has 1 aliphatic heterocycles. The number of hydrogen-bond acceptors (Lipinski definition) is 7. The van der Waals surface area contributed by atoms with Crippen molar-refractivity contribution in [2.24, 2.45) is 4.99 Å². The number of thioether (sulfide) groups is 1. The van der Waals surface area contributed by atoms with Crippen LogP contribution in [0.5, 0.6) is 5.75 Å². The second-order valence-electron chi connectivity index (χ2n) is 9.92. The van der Waals surface area contributed by atoms with Crippen LogP contribution < -0.4 is 20.3 Å². The highest BCUT2D eigenvalue weighted by Gasteiger charge is 2.32. The molecule has 15 heteroatoms. The number of carbonyl (C=O) groups is 2. The van der Waals surface area contributed by atoms with E-state index in [0.29, 0.717) is 17.2 Å². The van der Waals surface area contributed by atoms with E-state index in [1.807, 2.05) is 32.0 Å². The highest BCUT2D eigenvalue weighted by atomic mass is 32.2. The molecule has 1 aliphatic rings. The second-order valence-corrected chi connectivity index (χ2v) is 10.9. The fraction of sp³-hybridized carbons (Fsp3) is 0.233. The summed E-state index contributed by atoms with van der Waals surface area (Å²) in [6.45, 7) is 4.01. The van der Waals surface area contributed by atoms with Crippen molar-refractivity contribution < 1.29 is 31.9 Å². The van der Waals surface area contributed by atoms with Gasteiger partial charge in [-0.1, -0.05) is 37.2 Å². The lowest BCUT2D eigenvalue weighted by Gasteiger charge is -2.20. The van der Waals surface area contributed by atoms with Gasteiger partial charge in [0.1, 0.15) is 17.9 Å². The Morgan fingerprint density at radius 3 is 2.60 bits per heavy atom. The van der Waals surface area contributed by atoms with Crippen LogP contribution in [0.3, 0.4) is 0 Å². The summed E-state index contributed by atoms with van der Waals surface area (Å²) in [6, 6.07) is 14.2. The molecule has 1 fully saturated rings. The number of alkyl halides is 3. The first-order valence-corrected chi connectivity index (χ1v) is 14.7. The number of anilines is 3. The lowest BCUT2D eigenvalue weighted by atomic mass is 10.0. The summed E-state index contributed by atoms with van der Waals surface area (Å²) < 4.78 is 57.2. The number of halogens is 4. The minimum absolute atomic E-state index is 0.0403. The van der Waals surface area contributed by atoms with Crippen LogP contribution in [-0.4, -0.2) is 44.0 Å². The van der Waals surface area contributed by atoms with Crippen LogP contribution in [0, 0.1) is 12.7 Å². The number of carbonyl (C=O) groups excluding carboxylic acids is 2. The number of aromatic nitrogens is 3. The molecule has 0 spiro atoms. The number of amidine groups is 1. The molecule has 5 rings (SSSR count). The monoisotopic (exact) mass is 641 g/mol. The SMILES string of the molecule is CCCc1ccc(C)cc1N1C(=O)CSC1=NC(=O)Nc1ccc(NCc2ncn(-c3ccc(OC(F)(F)F)cc3)n2)c(F)c1. The number of aryl methyl sites for hydroxylation is 2. The van der Waals surface area contributed by atoms with E-state index < -0.39 is 18.2 Å². The van der Waals surface area contributed by atoms with E-state index in [0.717, 1.165) is 53.9 Å². The van der Waals surface area contributed by atoms with Crippen LogP contribution in [0.15, 0.2) is 72.0 Å². The number of amides is 3. The van der Waals surface area contributed by atoms with Gasteiger partial charge in [-0.15, -0.1) is 18.3 Å². The zero-order valence-electron chi connectivity index (χ0n) is 24.1. The molecule has 4 aromatic rings. The number of ether oxygens (including phenoxy) is 1. The first kappa shape index (κ1) is 31.5. The minimum atomic E-state index is -4.79. The number of benzene rings is 3. The largest absolute Gasteiger partial charge is 0.573 e. The highest BCUT2D eigenvalue weighted by molar-refractivity contribution is 8.15. The molecule has 234 valence electrons. The molecule has 3 aromatic carbocycles. The number of aliphatic imine (C=N–C) groups is 1. The van der Waals surface area contributed by atoms with E-state index in [4.69, 9.17) is 0 Å². The van der Waals surface area contributed by atoms with E-state index in [1.165, 1.54) is 40.2 Å². The summed E-state index contributed by atoms with van der Waals surface area (Å²) >= 11 is 1.16. The van der Waals surface area contributed by atoms with E-state index in [2.05, 4.69) is 30.4 Å². The van der Waals surface area contributed by atoms with Crippen molar-refractivity contribution >= 4 is 45.9 Å². The van der Waals surface area contributed by atoms with Gasteiger partial charge < -0.3 is 15.4 Å². The number of rotatable bonds is 9. The number of nitrogens with one attached hydrogen (secondary N) is 2. The van der Waals surface area contributed by atoms with Crippen LogP contribution in [0.4, 0.5) is 39.4 Å². The molecule has 1 aromatic heterocycles. The fourth-order valence-electron chi connectivity index (χ4n) is 4.50. The topological polar surface area (TPSA) is 114 Å². The highest BCUT2D eigenvalue weighted by Crippen LogP contribution is 2.32. The predicted octanol–water partition coefficient (Wildman–Crippen LogP) is 6.85. The Kier molecular flexibility index (Phi) is 9.37. The molecule has 0 bridgehead atoms. The van der Waals surface area contributed by atoms with Crippen LogP contribution in [-0.2, 0) is 17.8 Å². The van der Waals surface area contributed by atoms with Gasteiger partial charge in [0.05, 0.1) is 29.4 Å². The maximum atomic E-state index is 14.9. The standard InChI is InChI=1S/C30H27F4N7O3S/c1-3-4-19-6-5-18(2)13-25(19)41-27(42)16-45-29(41)38-28(43)37-20-7-12-24(23(31)14-20)35-15-26-36-17-40(39-26)21-8-10-22(11-9-21)44-30(32,33)34/h5-14,17,35H,3-4,15-16H2,1-2H3,(H,37,43). The average molecular weight is 642 g/mol. The van der Waals surface area contributed by atoms with Crippen molar-refractivity contribution in [3.05, 3.63) is 89.8 Å². The Hall–Kier alpha value is -4.92. The van der Waals surface area contributed by atoms with E-state index in [-0.39, 0.29) is 40.5 Å². The Bertz CT molecular complexity index is 1740. The molecule has 3 amide bonds. The van der Waals surface area contributed by atoms with Gasteiger partial charge in [-0.25, -0.2) is 18.9 Å².